The monoisotopic (exact) mass is 291 g/mol. The van der Waals surface area contributed by atoms with Crippen molar-refractivity contribution >= 4 is 0 Å². The first-order valence-electron chi connectivity index (χ1n) is 7.24. The summed E-state index contributed by atoms with van der Waals surface area (Å²) < 4.78 is 19.1. The van der Waals surface area contributed by atoms with Crippen molar-refractivity contribution < 1.29 is 8.81 Å². The Morgan fingerprint density at radius 1 is 1.14 bits per heavy atom. The molecule has 21 heavy (non-hydrogen) atoms. The predicted molar refractivity (Wildman–Crippen MR) is 79.6 cm³/mol. The van der Waals surface area contributed by atoms with Crippen molar-refractivity contribution in [1.82, 2.24) is 15.5 Å². The van der Waals surface area contributed by atoms with Gasteiger partial charge in [-0.05, 0) is 45.4 Å². The third-order valence-corrected chi connectivity index (χ3v) is 3.03. The molecule has 5 heteroatoms. The summed E-state index contributed by atoms with van der Waals surface area (Å²) in [7, 11) is 0. The molecule has 0 saturated heterocycles. The van der Waals surface area contributed by atoms with Gasteiger partial charge in [0, 0.05) is 12.0 Å². The van der Waals surface area contributed by atoms with Crippen molar-refractivity contribution in [3.8, 4) is 0 Å². The molecule has 0 atom stereocenters. The van der Waals surface area contributed by atoms with Crippen molar-refractivity contribution in [2.24, 2.45) is 0 Å². The fourth-order valence-corrected chi connectivity index (χ4v) is 1.97. The summed E-state index contributed by atoms with van der Waals surface area (Å²) in [4.78, 5) is 0. The summed E-state index contributed by atoms with van der Waals surface area (Å²) in [6.07, 6.45) is 1.99. The van der Waals surface area contributed by atoms with Gasteiger partial charge in [0.1, 0.15) is 5.82 Å². The third kappa shape index (κ3) is 5.27. The number of nitrogens with one attached hydrogen (secondary N) is 1. The van der Waals surface area contributed by atoms with Crippen LogP contribution in [0.2, 0.25) is 0 Å². The number of halogens is 1. The van der Waals surface area contributed by atoms with E-state index >= 15 is 0 Å². The number of benzene rings is 1. The number of aromatic nitrogens is 2. The molecule has 0 aliphatic carbocycles. The minimum absolute atomic E-state index is 0.116. The van der Waals surface area contributed by atoms with Crippen LogP contribution >= 0.6 is 0 Å². The predicted octanol–water partition coefficient (Wildman–Crippen LogP) is 3.12. The molecule has 1 aromatic heterocycles. The van der Waals surface area contributed by atoms with Crippen LogP contribution in [0, 0.1) is 5.82 Å². The van der Waals surface area contributed by atoms with Crippen molar-refractivity contribution in [3.05, 3.63) is 47.4 Å². The standard InChI is InChI=1S/C16H22FN3O/c1-16(2,3)18-10-6-9-14-19-20-15(21-14)11-12-7-4-5-8-13(12)17/h4-5,7-8,18H,6,9-11H2,1-3H3. The SMILES string of the molecule is CC(C)(C)NCCCc1nnc(Cc2ccccc2F)o1. The Morgan fingerprint density at radius 3 is 2.57 bits per heavy atom. The molecule has 0 fully saturated rings. The maximum absolute atomic E-state index is 13.5. The van der Waals surface area contributed by atoms with Crippen LogP contribution in [0.4, 0.5) is 4.39 Å². The highest BCUT2D eigenvalue weighted by molar-refractivity contribution is 5.20. The topological polar surface area (TPSA) is 51.0 Å². The number of nitrogens with zero attached hydrogens (tertiary/aromatic N) is 2. The Hall–Kier alpha value is -1.75. The Morgan fingerprint density at radius 2 is 1.86 bits per heavy atom. The van der Waals surface area contributed by atoms with Gasteiger partial charge in [-0.15, -0.1) is 10.2 Å². The highest BCUT2D eigenvalue weighted by atomic mass is 19.1. The molecule has 0 spiro atoms. The molecule has 0 bridgehead atoms. The Balaban J connectivity index is 1.83. The van der Waals surface area contributed by atoms with E-state index < -0.39 is 0 Å². The summed E-state index contributed by atoms with van der Waals surface area (Å²) in [6.45, 7) is 7.29. The fraction of sp³-hybridized carbons (Fsp3) is 0.500. The molecule has 2 rings (SSSR count). The second-order valence-electron chi connectivity index (χ2n) is 6.14. The quantitative estimate of drug-likeness (QED) is 0.831. The van der Waals surface area contributed by atoms with Gasteiger partial charge in [0.15, 0.2) is 0 Å². The zero-order valence-corrected chi connectivity index (χ0v) is 12.8. The molecule has 4 nitrogen and oxygen atoms in total. The lowest BCUT2D eigenvalue weighted by Crippen LogP contribution is -2.36. The minimum atomic E-state index is -0.244. The van der Waals surface area contributed by atoms with Crippen LogP contribution in [0.1, 0.15) is 44.5 Å². The summed E-state index contributed by atoms with van der Waals surface area (Å²) >= 11 is 0. The zero-order valence-electron chi connectivity index (χ0n) is 12.8. The lowest BCUT2D eigenvalue weighted by molar-refractivity contribution is 0.406. The van der Waals surface area contributed by atoms with Gasteiger partial charge in [-0.25, -0.2) is 4.39 Å². The Kier molecular flexibility index (Phi) is 5.07. The van der Waals surface area contributed by atoms with Gasteiger partial charge in [0.2, 0.25) is 11.8 Å². The maximum Gasteiger partial charge on any atom is 0.221 e. The minimum Gasteiger partial charge on any atom is -0.425 e. The Bertz CT molecular complexity index is 575. The number of hydrogen-bond donors (Lipinski definition) is 1. The summed E-state index contributed by atoms with van der Waals surface area (Å²) in [5.41, 5.74) is 0.687. The molecule has 1 heterocycles. The average molecular weight is 291 g/mol. The molecule has 2 aromatic rings. The smallest absolute Gasteiger partial charge is 0.221 e. The van der Waals surface area contributed by atoms with Gasteiger partial charge in [0.25, 0.3) is 0 Å². The highest BCUT2D eigenvalue weighted by Gasteiger charge is 2.11. The van der Waals surface area contributed by atoms with E-state index in [9.17, 15) is 4.39 Å². The van der Waals surface area contributed by atoms with Crippen LogP contribution in [0.3, 0.4) is 0 Å². The van der Waals surface area contributed by atoms with Crippen LogP contribution in [0.25, 0.3) is 0 Å². The van der Waals surface area contributed by atoms with E-state index in [0.29, 0.717) is 23.8 Å². The number of hydrogen-bond acceptors (Lipinski definition) is 4. The van der Waals surface area contributed by atoms with Crippen LogP contribution in [-0.2, 0) is 12.8 Å². The lowest BCUT2D eigenvalue weighted by Gasteiger charge is -2.19. The second kappa shape index (κ2) is 6.80. The van der Waals surface area contributed by atoms with Crippen molar-refractivity contribution in [1.29, 1.82) is 0 Å². The molecule has 1 aromatic carbocycles. The summed E-state index contributed by atoms with van der Waals surface area (Å²) in [5, 5.41) is 11.4. The molecule has 0 unspecified atom stereocenters. The summed E-state index contributed by atoms with van der Waals surface area (Å²) in [6, 6.07) is 6.63. The van der Waals surface area contributed by atoms with Gasteiger partial charge in [-0.1, -0.05) is 18.2 Å². The lowest BCUT2D eigenvalue weighted by atomic mass is 10.1. The molecule has 1 N–H and O–H groups in total. The van der Waals surface area contributed by atoms with E-state index in [2.05, 4.69) is 36.3 Å². The van der Waals surface area contributed by atoms with Crippen molar-refractivity contribution in [2.45, 2.75) is 45.6 Å². The van der Waals surface area contributed by atoms with Gasteiger partial charge in [-0.2, -0.15) is 0 Å². The van der Waals surface area contributed by atoms with Crippen LogP contribution < -0.4 is 5.32 Å². The molecule has 0 radical (unpaired) electrons. The molecule has 0 aliphatic heterocycles. The van der Waals surface area contributed by atoms with Crippen LogP contribution in [0.5, 0.6) is 0 Å². The Labute approximate surface area is 124 Å². The molecule has 0 amide bonds. The van der Waals surface area contributed by atoms with Gasteiger partial charge in [-0.3, -0.25) is 0 Å². The number of rotatable bonds is 6. The normalized spacial score (nSPS) is 11.8. The summed E-state index contributed by atoms with van der Waals surface area (Å²) in [5.74, 6) is 0.822. The second-order valence-corrected chi connectivity index (χ2v) is 6.14. The molecule has 114 valence electrons. The average Bonchev–Trinajstić information content (AvgIpc) is 2.84. The van der Waals surface area contributed by atoms with Gasteiger partial charge < -0.3 is 9.73 Å². The first-order chi connectivity index (χ1) is 9.94. The van der Waals surface area contributed by atoms with Gasteiger partial charge in [0.05, 0.1) is 6.42 Å². The van der Waals surface area contributed by atoms with E-state index in [0.717, 1.165) is 19.4 Å². The van der Waals surface area contributed by atoms with Crippen LogP contribution in [-0.4, -0.2) is 22.3 Å². The first-order valence-corrected chi connectivity index (χ1v) is 7.24. The van der Waals surface area contributed by atoms with Crippen molar-refractivity contribution in [2.75, 3.05) is 6.54 Å². The zero-order chi connectivity index (χ0) is 15.3. The van der Waals surface area contributed by atoms with E-state index in [1.807, 2.05) is 0 Å². The number of aryl methyl sites for hydroxylation is 1. The molecular weight excluding hydrogens is 269 g/mol. The first kappa shape index (κ1) is 15.6. The molecule has 0 aliphatic rings. The van der Waals surface area contributed by atoms with Crippen molar-refractivity contribution in [3.63, 3.8) is 0 Å². The maximum atomic E-state index is 13.5. The van der Waals surface area contributed by atoms with E-state index in [1.165, 1.54) is 6.07 Å². The van der Waals surface area contributed by atoms with Gasteiger partial charge >= 0.3 is 0 Å². The highest BCUT2D eigenvalue weighted by Crippen LogP contribution is 2.12. The molecular formula is C16H22FN3O. The van der Waals surface area contributed by atoms with E-state index in [1.54, 1.807) is 18.2 Å². The fourth-order valence-electron chi connectivity index (χ4n) is 1.97. The molecule has 0 saturated carbocycles. The van der Waals surface area contributed by atoms with E-state index in [4.69, 9.17) is 4.42 Å². The van der Waals surface area contributed by atoms with Crippen LogP contribution in [0.15, 0.2) is 28.7 Å². The largest absolute Gasteiger partial charge is 0.425 e. The third-order valence-electron chi connectivity index (χ3n) is 3.03. The van der Waals surface area contributed by atoms with E-state index in [-0.39, 0.29) is 11.4 Å².